The Morgan fingerprint density at radius 1 is 1.26 bits per heavy atom. The Hall–Kier alpha value is -2.80. The molecule has 1 aliphatic rings. The van der Waals surface area contributed by atoms with E-state index in [1.165, 1.54) is 12.1 Å². The van der Waals surface area contributed by atoms with Crippen molar-refractivity contribution >= 4 is 40.8 Å². The molecule has 3 aromatic rings. The number of carboxylic acids is 1. The average molecular weight is 383 g/mol. The highest BCUT2D eigenvalue weighted by atomic mass is 32.2. The molecule has 0 atom stereocenters. The molecule has 5 nitrogen and oxygen atoms in total. The van der Waals surface area contributed by atoms with Crippen molar-refractivity contribution in [1.29, 1.82) is 0 Å². The van der Waals surface area contributed by atoms with Gasteiger partial charge in [0.25, 0.3) is 0 Å². The van der Waals surface area contributed by atoms with Gasteiger partial charge >= 0.3 is 5.97 Å². The van der Waals surface area contributed by atoms with Gasteiger partial charge in [0, 0.05) is 23.6 Å². The molecule has 0 radical (unpaired) electrons. The van der Waals surface area contributed by atoms with E-state index in [-0.39, 0.29) is 12.4 Å². The van der Waals surface area contributed by atoms with Gasteiger partial charge in [-0.3, -0.25) is 4.79 Å². The Balaban J connectivity index is 1.78. The Morgan fingerprint density at radius 3 is 2.85 bits per heavy atom. The molecule has 0 unspecified atom stereocenters. The second-order valence-electron chi connectivity index (χ2n) is 6.57. The van der Waals surface area contributed by atoms with E-state index in [4.69, 9.17) is 0 Å². The summed E-state index contributed by atoms with van der Waals surface area (Å²) < 4.78 is 17.5. The number of aliphatic imine (C=N–C) groups is 1. The van der Waals surface area contributed by atoms with Crippen LogP contribution in [0.5, 0.6) is 0 Å². The number of hydrogen-bond donors (Lipinski definition) is 1. The van der Waals surface area contributed by atoms with Crippen LogP contribution < -0.4 is 0 Å². The minimum atomic E-state index is -0.921. The van der Waals surface area contributed by atoms with Crippen LogP contribution in [0.4, 0.5) is 10.1 Å². The summed E-state index contributed by atoms with van der Waals surface area (Å²) in [4.78, 5) is 16.8. The predicted octanol–water partition coefficient (Wildman–Crippen LogP) is 4.38. The van der Waals surface area contributed by atoms with Gasteiger partial charge in [-0.15, -0.1) is 0 Å². The van der Waals surface area contributed by atoms with E-state index in [9.17, 15) is 14.3 Å². The van der Waals surface area contributed by atoms with Crippen molar-refractivity contribution in [2.75, 3.05) is 7.05 Å². The summed E-state index contributed by atoms with van der Waals surface area (Å²) in [6.07, 6.45) is 2.36. The first kappa shape index (κ1) is 17.6. The summed E-state index contributed by atoms with van der Waals surface area (Å²) in [5.41, 5.74) is 4.48. The standard InChI is InChI=1S/C20H18FN3O2S/c1-12-15(7-13-3-6-19-17(8-13)22-11-23(2)27-19)16-9-14(21)4-5-18(16)24(12)10-20(25)26/h3-6,8-9,11H,7,10H2,1-2H3,(H,25,26). The average Bonchev–Trinajstić information content (AvgIpc) is 2.86. The number of fused-ring (bicyclic) bond motifs is 2. The van der Waals surface area contributed by atoms with Crippen molar-refractivity contribution in [3.8, 4) is 0 Å². The van der Waals surface area contributed by atoms with E-state index in [0.29, 0.717) is 6.42 Å². The molecule has 2 aromatic carbocycles. The van der Waals surface area contributed by atoms with Gasteiger partial charge in [0.1, 0.15) is 18.7 Å². The molecule has 1 aliphatic heterocycles. The molecule has 0 saturated carbocycles. The van der Waals surface area contributed by atoms with Crippen molar-refractivity contribution in [1.82, 2.24) is 8.87 Å². The van der Waals surface area contributed by atoms with Crippen LogP contribution in [0.1, 0.15) is 16.8 Å². The van der Waals surface area contributed by atoms with Crippen molar-refractivity contribution in [2.45, 2.75) is 24.8 Å². The smallest absolute Gasteiger partial charge is 0.323 e. The molecule has 27 heavy (non-hydrogen) atoms. The minimum Gasteiger partial charge on any atom is -0.480 e. The second-order valence-corrected chi connectivity index (χ2v) is 7.76. The first-order chi connectivity index (χ1) is 12.9. The maximum atomic E-state index is 13.9. The summed E-state index contributed by atoms with van der Waals surface area (Å²) in [6, 6.07) is 10.6. The number of halogens is 1. The lowest BCUT2D eigenvalue weighted by Gasteiger charge is -2.18. The van der Waals surface area contributed by atoms with Crippen molar-refractivity contribution in [3.63, 3.8) is 0 Å². The molecule has 138 valence electrons. The molecular weight excluding hydrogens is 365 g/mol. The molecule has 0 saturated heterocycles. The van der Waals surface area contributed by atoms with E-state index < -0.39 is 5.97 Å². The zero-order chi connectivity index (χ0) is 19.1. The summed E-state index contributed by atoms with van der Waals surface area (Å²) in [5, 5.41) is 9.99. The summed E-state index contributed by atoms with van der Waals surface area (Å²) in [5.74, 6) is -1.25. The Bertz CT molecular complexity index is 1090. The summed E-state index contributed by atoms with van der Waals surface area (Å²) in [6.45, 7) is 1.74. The zero-order valence-corrected chi connectivity index (χ0v) is 15.8. The lowest BCUT2D eigenvalue weighted by molar-refractivity contribution is -0.137. The monoisotopic (exact) mass is 383 g/mol. The van der Waals surface area contributed by atoms with Crippen LogP contribution in [0.3, 0.4) is 0 Å². The first-order valence-electron chi connectivity index (χ1n) is 8.49. The molecule has 7 heteroatoms. The number of carbonyl (C=O) groups is 1. The van der Waals surface area contributed by atoms with Gasteiger partial charge in [-0.25, -0.2) is 9.38 Å². The van der Waals surface area contributed by atoms with E-state index >= 15 is 0 Å². The molecule has 0 aliphatic carbocycles. The third-order valence-corrected chi connectivity index (χ3v) is 5.64. The number of carboxylic acid groups (broad SMARTS) is 1. The van der Waals surface area contributed by atoms with Crippen LogP contribution in [0, 0.1) is 12.7 Å². The molecule has 0 bridgehead atoms. The van der Waals surface area contributed by atoms with Gasteiger partial charge < -0.3 is 14.0 Å². The molecule has 0 spiro atoms. The third kappa shape index (κ3) is 3.30. The first-order valence-corrected chi connectivity index (χ1v) is 9.26. The number of aliphatic carboxylic acids is 1. The fourth-order valence-electron chi connectivity index (χ4n) is 3.46. The van der Waals surface area contributed by atoms with Crippen LogP contribution in [0.25, 0.3) is 10.9 Å². The van der Waals surface area contributed by atoms with E-state index in [1.54, 1.807) is 28.9 Å². The van der Waals surface area contributed by atoms with Gasteiger partial charge in [0.05, 0.1) is 10.6 Å². The topological polar surface area (TPSA) is 57.8 Å². The fourth-order valence-corrected chi connectivity index (χ4v) is 4.20. The number of aromatic nitrogens is 1. The second kappa shape index (κ2) is 6.74. The maximum Gasteiger partial charge on any atom is 0.323 e. The van der Waals surface area contributed by atoms with Crippen molar-refractivity contribution in [2.24, 2.45) is 4.99 Å². The van der Waals surface area contributed by atoms with Gasteiger partial charge in [-0.2, -0.15) is 0 Å². The van der Waals surface area contributed by atoms with Crippen LogP contribution in [-0.4, -0.2) is 33.3 Å². The van der Waals surface area contributed by atoms with E-state index in [1.807, 2.05) is 36.5 Å². The molecular formula is C20H18FN3O2S. The Labute approximate surface area is 160 Å². The minimum absolute atomic E-state index is 0.147. The van der Waals surface area contributed by atoms with Gasteiger partial charge in [0.15, 0.2) is 0 Å². The number of benzene rings is 2. The van der Waals surface area contributed by atoms with Crippen LogP contribution in [-0.2, 0) is 17.8 Å². The predicted molar refractivity (Wildman–Crippen MR) is 105 cm³/mol. The van der Waals surface area contributed by atoms with Crippen LogP contribution in [0.15, 0.2) is 46.3 Å². The number of rotatable bonds is 4. The molecule has 0 amide bonds. The zero-order valence-electron chi connectivity index (χ0n) is 14.9. The lowest BCUT2D eigenvalue weighted by atomic mass is 10.0. The molecule has 1 aromatic heterocycles. The maximum absolute atomic E-state index is 13.9. The highest BCUT2D eigenvalue weighted by molar-refractivity contribution is 7.97. The Kier molecular flexibility index (Phi) is 4.39. The van der Waals surface area contributed by atoms with Crippen LogP contribution >= 0.6 is 11.9 Å². The van der Waals surface area contributed by atoms with Crippen molar-refractivity contribution in [3.05, 3.63) is 59.0 Å². The van der Waals surface area contributed by atoms with Gasteiger partial charge in [-0.1, -0.05) is 6.07 Å². The molecule has 2 heterocycles. The molecule has 1 N–H and O–H groups in total. The fraction of sp³-hybridized carbons (Fsp3) is 0.200. The highest BCUT2D eigenvalue weighted by Gasteiger charge is 2.18. The van der Waals surface area contributed by atoms with Gasteiger partial charge in [-0.05, 0) is 66.8 Å². The number of hydrogen-bond acceptors (Lipinski definition) is 4. The summed E-state index contributed by atoms with van der Waals surface area (Å²) >= 11 is 1.61. The van der Waals surface area contributed by atoms with E-state index in [2.05, 4.69) is 4.99 Å². The normalized spacial score (nSPS) is 13.2. The lowest BCUT2D eigenvalue weighted by Crippen LogP contribution is -2.10. The number of nitrogens with zero attached hydrogens (tertiary/aromatic N) is 3. The molecule has 4 rings (SSSR count). The Morgan fingerprint density at radius 2 is 2.07 bits per heavy atom. The third-order valence-electron chi connectivity index (χ3n) is 4.72. The van der Waals surface area contributed by atoms with Gasteiger partial charge in [0.2, 0.25) is 0 Å². The quantitative estimate of drug-likeness (QED) is 0.680. The molecule has 0 fully saturated rings. The summed E-state index contributed by atoms with van der Waals surface area (Å²) in [7, 11) is 1.94. The largest absolute Gasteiger partial charge is 0.480 e. The van der Waals surface area contributed by atoms with E-state index in [0.717, 1.165) is 38.3 Å². The highest BCUT2D eigenvalue weighted by Crippen LogP contribution is 2.36. The van der Waals surface area contributed by atoms with Crippen LogP contribution in [0.2, 0.25) is 0 Å². The van der Waals surface area contributed by atoms with Crippen molar-refractivity contribution < 1.29 is 14.3 Å². The SMILES string of the molecule is Cc1c(Cc2ccc3c(c2)N=CN(C)S3)c2cc(F)ccc2n1CC(=O)O.